The molecule has 0 radical (unpaired) electrons. The number of halogens is 2. The highest BCUT2D eigenvalue weighted by atomic mass is 127. The highest BCUT2D eigenvalue weighted by molar-refractivity contribution is 14.1. The fraction of sp³-hybridized carbons (Fsp3) is 0.200. The van der Waals surface area contributed by atoms with Gasteiger partial charge in [-0.25, -0.2) is 9.78 Å². The van der Waals surface area contributed by atoms with E-state index in [0.717, 1.165) is 14.8 Å². The molecule has 2 rings (SSSR count). The maximum absolute atomic E-state index is 12.0. The SMILES string of the molecule is CCOC(=O)c1cnc(Cl)cc1Nc1ccc(I)cc1C. The van der Waals surface area contributed by atoms with Gasteiger partial charge < -0.3 is 10.1 Å². The first-order valence-corrected chi connectivity index (χ1v) is 7.82. The second-order valence-electron chi connectivity index (χ2n) is 4.36. The van der Waals surface area contributed by atoms with E-state index in [2.05, 4.69) is 39.0 Å². The van der Waals surface area contributed by atoms with Gasteiger partial charge in [0, 0.05) is 15.5 Å². The summed E-state index contributed by atoms with van der Waals surface area (Å²) >= 11 is 8.18. The summed E-state index contributed by atoms with van der Waals surface area (Å²) in [5, 5.41) is 3.53. The molecule has 0 unspecified atom stereocenters. The summed E-state index contributed by atoms with van der Waals surface area (Å²) in [4.78, 5) is 15.9. The molecule has 0 aliphatic heterocycles. The summed E-state index contributed by atoms with van der Waals surface area (Å²) in [5.74, 6) is -0.424. The summed E-state index contributed by atoms with van der Waals surface area (Å²) in [6.07, 6.45) is 1.42. The Morgan fingerprint density at radius 1 is 1.38 bits per heavy atom. The lowest BCUT2D eigenvalue weighted by atomic mass is 10.1. The molecule has 1 aromatic carbocycles. The number of nitrogens with zero attached hydrogens (tertiary/aromatic N) is 1. The number of carbonyl (C=O) groups excluding carboxylic acids is 1. The number of hydrogen-bond donors (Lipinski definition) is 1. The van der Waals surface area contributed by atoms with E-state index >= 15 is 0 Å². The van der Waals surface area contributed by atoms with E-state index in [0.29, 0.717) is 23.0 Å². The first-order chi connectivity index (χ1) is 10.0. The van der Waals surface area contributed by atoms with Gasteiger partial charge in [0.15, 0.2) is 0 Å². The van der Waals surface area contributed by atoms with Crippen LogP contribution in [0.2, 0.25) is 5.15 Å². The van der Waals surface area contributed by atoms with E-state index in [9.17, 15) is 4.79 Å². The van der Waals surface area contributed by atoms with Crippen LogP contribution in [0, 0.1) is 10.5 Å². The Morgan fingerprint density at radius 2 is 2.14 bits per heavy atom. The topological polar surface area (TPSA) is 51.2 Å². The molecule has 0 spiro atoms. The molecular weight excluding hydrogens is 403 g/mol. The second kappa shape index (κ2) is 7.09. The zero-order chi connectivity index (χ0) is 15.4. The van der Waals surface area contributed by atoms with Gasteiger partial charge >= 0.3 is 5.97 Å². The lowest BCUT2D eigenvalue weighted by Crippen LogP contribution is -2.09. The minimum Gasteiger partial charge on any atom is -0.462 e. The molecule has 2 aromatic rings. The maximum atomic E-state index is 12.0. The van der Waals surface area contributed by atoms with Crippen molar-refractivity contribution in [2.45, 2.75) is 13.8 Å². The van der Waals surface area contributed by atoms with Crippen molar-refractivity contribution < 1.29 is 9.53 Å². The number of hydrogen-bond acceptors (Lipinski definition) is 4. The summed E-state index contributed by atoms with van der Waals surface area (Å²) in [6.45, 7) is 4.07. The van der Waals surface area contributed by atoms with E-state index in [1.165, 1.54) is 6.20 Å². The van der Waals surface area contributed by atoms with Crippen molar-refractivity contribution in [3.63, 3.8) is 0 Å². The minimum absolute atomic E-state index is 0.309. The number of carbonyl (C=O) groups is 1. The summed E-state index contributed by atoms with van der Waals surface area (Å²) in [5.41, 5.74) is 2.92. The normalized spacial score (nSPS) is 10.3. The second-order valence-corrected chi connectivity index (χ2v) is 5.99. The molecule has 0 amide bonds. The van der Waals surface area contributed by atoms with Crippen molar-refractivity contribution in [1.29, 1.82) is 0 Å². The molecule has 4 nitrogen and oxygen atoms in total. The smallest absolute Gasteiger partial charge is 0.341 e. The number of esters is 1. The van der Waals surface area contributed by atoms with Crippen LogP contribution >= 0.6 is 34.2 Å². The van der Waals surface area contributed by atoms with Crippen LogP contribution in [0.5, 0.6) is 0 Å². The lowest BCUT2D eigenvalue weighted by molar-refractivity contribution is 0.0527. The first-order valence-electron chi connectivity index (χ1n) is 6.37. The number of aryl methyl sites for hydroxylation is 1. The van der Waals surface area contributed by atoms with Gasteiger partial charge in [0.2, 0.25) is 0 Å². The van der Waals surface area contributed by atoms with Crippen LogP contribution in [-0.2, 0) is 4.74 Å². The molecule has 0 aliphatic rings. The van der Waals surface area contributed by atoms with E-state index in [4.69, 9.17) is 16.3 Å². The molecule has 1 N–H and O–H groups in total. The largest absolute Gasteiger partial charge is 0.462 e. The highest BCUT2D eigenvalue weighted by Crippen LogP contribution is 2.26. The Morgan fingerprint density at radius 3 is 2.81 bits per heavy atom. The van der Waals surface area contributed by atoms with Crippen molar-refractivity contribution in [1.82, 2.24) is 4.98 Å². The predicted molar refractivity (Wildman–Crippen MR) is 92.4 cm³/mol. The van der Waals surface area contributed by atoms with Crippen LogP contribution in [0.15, 0.2) is 30.5 Å². The van der Waals surface area contributed by atoms with Gasteiger partial charge in [0.1, 0.15) is 10.7 Å². The van der Waals surface area contributed by atoms with Crippen LogP contribution in [0.3, 0.4) is 0 Å². The number of anilines is 2. The molecular formula is C15H14ClIN2O2. The molecule has 0 saturated carbocycles. The number of aromatic nitrogens is 1. The number of pyridine rings is 1. The summed E-state index contributed by atoms with van der Waals surface area (Å²) in [6, 6.07) is 7.62. The average Bonchev–Trinajstić information content (AvgIpc) is 2.42. The van der Waals surface area contributed by atoms with Crippen molar-refractivity contribution in [2.75, 3.05) is 11.9 Å². The zero-order valence-corrected chi connectivity index (χ0v) is 14.5. The molecule has 0 fully saturated rings. The first kappa shape index (κ1) is 16.0. The predicted octanol–water partition coefficient (Wildman–Crippen LogP) is 4.57. The van der Waals surface area contributed by atoms with E-state index in [1.807, 2.05) is 19.1 Å². The van der Waals surface area contributed by atoms with Gasteiger partial charge in [-0.2, -0.15) is 0 Å². The van der Waals surface area contributed by atoms with Crippen LogP contribution in [0.1, 0.15) is 22.8 Å². The van der Waals surface area contributed by atoms with E-state index in [1.54, 1.807) is 13.0 Å². The fourth-order valence-electron chi connectivity index (χ4n) is 1.82. The third kappa shape index (κ3) is 4.07. The maximum Gasteiger partial charge on any atom is 0.341 e. The van der Waals surface area contributed by atoms with Crippen molar-refractivity contribution in [3.05, 3.63) is 50.3 Å². The van der Waals surface area contributed by atoms with E-state index < -0.39 is 5.97 Å². The quantitative estimate of drug-likeness (QED) is 0.451. The Labute approximate surface area is 142 Å². The number of ether oxygens (including phenoxy) is 1. The van der Waals surface area contributed by atoms with Crippen molar-refractivity contribution in [3.8, 4) is 0 Å². The Balaban J connectivity index is 2.38. The highest BCUT2D eigenvalue weighted by Gasteiger charge is 2.14. The molecule has 1 aromatic heterocycles. The van der Waals surface area contributed by atoms with Gasteiger partial charge in [-0.05, 0) is 66.3 Å². The van der Waals surface area contributed by atoms with Crippen molar-refractivity contribution >= 4 is 51.5 Å². The van der Waals surface area contributed by atoms with Crippen LogP contribution in [0.25, 0.3) is 0 Å². The minimum atomic E-state index is -0.424. The fourth-order valence-corrected chi connectivity index (χ4v) is 2.62. The van der Waals surface area contributed by atoms with Crippen LogP contribution in [0.4, 0.5) is 11.4 Å². The van der Waals surface area contributed by atoms with Gasteiger partial charge in [-0.15, -0.1) is 0 Å². The molecule has 0 atom stereocenters. The monoisotopic (exact) mass is 416 g/mol. The Hall–Kier alpha value is -1.34. The Bertz CT molecular complexity index is 677. The molecule has 21 heavy (non-hydrogen) atoms. The molecule has 0 bridgehead atoms. The lowest BCUT2D eigenvalue weighted by Gasteiger charge is -2.13. The van der Waals surface area contributed by atoms with Crippen molar-refractivity contribution in [2.24, 2.45) is 0 Å². The Kier molecular flexibility index (Phi) is 5.41. The number of nitrogens with one attached hydrogen (secondary N) is 1. The van der Waals surface area contributed by atoms with E-state index in [-0.39, 0.29) is 0 Å². The van der Waals surface area contributed by atoms with Gasteiger partial charge in [0.25, 0.3) is 0 Å². The third-order valence-corrected chi connectivity index (χ3v) is 3.70. The molecule has 1 heterocycles. The van der Waals surface area contributed by atoms with Crippen LogP contribution < -0.4 is 5.32 Å². The van der Waals surface area contributed by atoms with Gasteiger partial charge in [-0.1, -0.05) is 11.6 Å². The van der Waals surface area contributed by atoms with Gasteiger partial charge in [0.05, 0.1) is 12.3 Å². The standard InChI is InChI=1S/C15H14ClIN2O2/c1-3-21-15(20)11-8-18-14(16)7-13(11)19-12-5-4-10(17)6-9(12)2/h4-8H,3H2,1-2H3,(H,18,19). The molecule has 0 saturated heterocycles. The summed E-state index contributed by atoms with van der Waals surface area (Å²) < 4.78 is 6.18. The van der Waals surface area contributed by atoms with Gasteiger partial charge in [-0.3, -0.25) is 0 Å². The molecule has 6 heteroatoms. The molecule has 110 valence electrons. The molecule has 0 aliphatic carbocycles. The zero-order valence-electron chi connectivity index (χ0n) is 11.6. The average molecular weight is 417 g/mol. The number of rotatable bonds is 4. The van der Waals surface area contributed by atoms with Crippen LogP contribution in [-0.4, -0.2) is 17.6 Å². The third-order valence-electron chi connectivity index (χ3n) is 2.82. The number of benzene rings is 1. The summed E-state index contributed by atoms with van der Waals surface area (Å²) in [7, 11) is 0.